The lowest BCUT2D eigenvalue weighted by Gasteiger charge is -2.20. The maximum atomic E-state index is 12.4. The highest BCUT2D eigenvalue weighted by molar-refractivity contribution is 9.11. The number of oxime groups is 1. The molecule has 1 aromatic heterocycles. The summed E-state index contributed by atoms with van der Waals surface area (Å²) in [7, 11) is -2.09. The van der Waals surface area contributed by atoms with Crippen molar-refractivity contribution >= 4 is 43.1 Å². The minimum absolute atomic E-state index is 0.00488. The summed E-state index contributed by atoms with van der Waals surface area (Å²) in [6, 6.07) is 1.58. The van der Waals surface area contributed by atoms with Crippen LogP contribution in [0, 0.1) is 12.8 Å². The molecule has 19 heavy (non-hydrogen) atoms. The van der Waals surface area contributed by atoms with Gasteiger partial charge in [-0.1, -0.05) is 12.1 Å². The summed E-state index contributed by atoms with van der Waals surface area (Å²) in [5, 5.41) is 11.5. The second-order valence-electron chi connectivity index (χ2n) is 4.18. The summed E-state index contributed by atoms with van der Waals surface area (Å²) in [6.07, 6.45) is 0. The summed E-state index contributed by atoms with van der Waals surface area (Å²) in [6.45, 7) is 3.59. The molecule has 1 rings (SSSR count). The van der Waals surface area contributed by atoms with E-state index in [0.29, 0.717) is 0 Å². The van der Waals surface area contributed by atoms with Gasteiger partial charge in [0.2, 0.25) is 10.0 Å². The lowest BCUT2D eigenvalue weighted by Crippen LogP contribution is -2.36. The van der Waals surface area contributed by atoms with Crippen molar-refractivity contribution in [3.8, 4) is 0 Å². The second kappa shape index (κ2) is 6.21. The van der Waals surface area contributed by atoms with Crippen LogP contribution < -0.4 is 5.73 Å². The van der Waals surface area contributed by atoms with Crippen molar-refractivity contribution in [2.45, 2.75) is 18.7 Å². The molecule has 1 aromatic rings. The molecular weight excluding hydrogens is 354 g/mol. The predicted octanol–water partition coefficient (Wildman–Crippen LogP) is 1.82. The van der Waals surface area contributed by atoms with E-state index in [4.69, 9.17) is 10.9 Å². The van der Waals surface area contributed by atoms with Gasteiger partial charge in [0.25, 0.3) is 0 Å². The summed E-state index contributed by atoms with van der Waals surface area (Å²) >= 11 is 4.64. The normalized spacial score (nSPS) is 14.9. The van der Waals surface area contributed by atoms with Crippen LogP contribution in [-0.4, -0.2) is 37.4 Å². The summed E-state index contributed by atoms with van der Waals surface area (Å²) in [5.74, 6) is -0.363. The average Bonchev–Trinajstić information content (AvgIpc) is 2.67. The zero-order valence-corrected chi connectivity index (χ0v) is 14.0. The van der Waals surface area contributed by atoms with E-state index in [0.717, 1.165) is 8.66 Å². The number of sulfonamides is 1. The number of hydrogen-bond acceptors (Lipinski definition) is 5. The quantitative estimate of drug-likeness (QED) is 0.358. The molecule has 0 aliphatic rings. The van der Waals surface area contributed by atoms with Crippen molar-refractivity contribution in [3.63, 3.8) is 0 Å². The van der Waals surface area contributed by atoms with Crippen LogP contribution in [-0.2, 0) is 10.0 Å². The Morgan fingerprint density at radius 3 is 2.68 bits per heavy atom. The zero-order chi connectivity index (χ0) is 14.8. The highest BCUT2D eigenvalue weighted by Gasteiger charge is 2.26. The van der Waals surface area contributed by atoms with Crippen LogP contribution in [0.2, 0.25) is 0 Å². The number of rotatable bonds is 5. The molecule has 1 unspecified atom stereocenters. The number of aryl methyl sites for hydroxylation is 1. The molecule has 9 heteroatoms. The fourth-order valence-corrected chi connectivity index (χ4v) is 5.17. The van der Waals surface area contributed by atoms with Gasteiger partial charge in [0, 0.05) is 24.4 Å². The van der Waals surface area contributed by atoms with Crippen molar-refractivity contribution < 1.29 is 13.6 Å². The van der Waals surface area contributed by atoms with E-state index < -0.39 is 10.0 Å². The van der Waals surface area contributed by atoms with Crippen LogP contribution in [0.3, 0.4) is 0 Å². The average molecular weight is 370 g/mol. The zero-order valence-electron chi connectivity index (χ0n) is 10.8. The van der Waals surface area contributed by atoms with Crippen LogP contribution in [0.4, 0.5) is 0 Å². The Balaban J connectivity index is 2.98. The predicted molar refractivity (Wildman–Crippen MR) is 79.1 cm³/mol. The van der Waals surface area contributed by atoms with E-state index in [-0.39, 0.29) is 23.2 Å². The third-order valence-electron chi connectivity index (χ3n) is 2.68. The number of nitrogens with zero attached hydrogens (tertiary/aromatic N) is 2. The van der Waals surface area contributed by atoms with Crippen molar-refractivity contribution in [1.82, 2.24) is 4.31 Å². The van der Waals surface area contributed by atoms with E-state index in [9.17, 15) is 8.42 Å². The van der Waals surface area contributed by atoms with Gasteiger partial charge in [-0.15, -0.1) is 11.3 Å². The van der Waals surface area contributed by atoms with E-state index in [1.807, 2.05) is 0 Å². The maximum absolute atomic E-state index is 12.4. The van der Waals surface area contributed by atoms with Gasteiger partial charge in [0.15, 0.2) is 0 Å². The van der Waals surface area contributed by atoms with Crippen LogP contribution in [0.15, 0.2) is 19.9 Å². The van der Waals surface area contributed by atoms with Crippen LogP contribution in [0.25, 0.3) is 0 Å². The first-order chi connectivity index (χ1) is 8.70. The van der Waals surface area contributed by atoms with E-state index in [1.165, 1.54) is 22.7 Å². The smallest absolute Gasteiger partial charge is 0.243 e. The van der Waals surface area contributed by atoms with Gasteiger partial charge in [-0.2, -0.15) is 0 Å². The van der Waals surface area contributed by atoms with E-state index >= 15 is 0 Å². The van der Waals surface area contributed by atoms with Crippen molar-refractivity contribution in [1.29, 1.82) is 0 Å². The lowest BCUT2D eigenvalue weighted by atomic mass is 10.2. The Kier molecular flexibility index (Phi) is 5.36. The van der Waals surface area contributed by atoms with Gasteiger partial charge < -0.3 is 10.9 Å². The Bertz CT molecular complexity index is 583. The molecule has 0 fully saturated rings. The standard InChI is InChI=1S/C10H16BrN3O3S2/c1-6(10(12)13-15)5-14(3)19(16,17)8-4-9(11)18-7(8)2/h4,6,15H,5H2,1-3H3,(H2,12,13). The fraction of sp³-hybridized carbons (Fsp3) is 0.500. The topological polar surface area (TPSA) is 96.0 Å². The van der Waals surface area contributed by atoms with Crippen LogP contribution in [0.1, 0.15) is 11.8 Å². The van der Waals surface area contributed by atoms with Crippen LogP contribution >= 0.6 is 27.3 Å². The SMILES string of the molecule is Cc1sc(Br)cc1S(=O)(=O)N(C)CC(C)C(N)=NO. The van der Waals surface area contributed by atoms with Gasteiger partial charge in [0.1, 0.15) is 5.84 Å². The fourth-order valence-electron chi connectivity index (χ4n) is 1.53. The van der Waals surface area contributed by atoms with E-state index in [1.54, 1.807) is 19.9 Å². The number of nitrogens with two attached hydrogens (primary N) is 1. The highest BCUT2D eigenvalue weighted by atomic mass is 79.9. The summed E-state index contributed by atoms with van der Waals surface area (Å²) in [4.78, 5) is 0.994. The minimum Gasteiger partial charge on any atom is -0.409 e. The number of halogens is 1. The third kappa shape index (κ3) is 3.68. The van der Waals surface area contributed by atoms with Crippen molar-refractivity contribution in [3.05, 3.63) is 14.7 Å². The molecule has 3 N–H and O–H groups in total. The lowest BCUT2D eigenvalue weighted by molar-refractivity contribution is 0.312. The Morgan fingerprint density at radius 2 is 2.26 bits per heavy atom. The molecule has 0 saturated carbocycles. The number of hydrogen-bond donors (Lipinski definition) is 2. The van der Waals surface area contributed by atoms with Gasteiger partial charge in [-0.25, -0.2) is 12.7 Å². The van der Waals surface area contributed by atoms with E-state index in [2.05, 4.69) is 21.1 Å². The first-order valence-corrected chi connectivity index (χ1v) is 8.44. The Morgan fingerprint density at radius 1 is 1.68 bits per heavy atom. The Labute approximate surface area is 125 Å². The monoisotopic (exact) mass is 369 g/mol. The molecule has 0 saturated heterocycles. The third-order valence-corrected chi connectivity index (χ3v) is 6.31. The van der Waals surface area contributed by atoms with Crippen molar-refractivity contribution in [2.24, 2.45) is 16.8 Å². The summed E-state index contributed by atoms with van der Waals surface area (Å²) in [5.41, 5.74) is 5.45. The molecule has 0 aliphatic heterocycles. The largest absolute Gasteiger partial charge is 0.409 e. The molecule has 0 radical (unpaired) electrons. The number of amidine groups is 1. The number of thiophene rings is 1. The molecule has 1 atom stereocenters. The molecule has 6 nitrogen and oxygen atoms in total. The molecule has 0 aromatic carbocycles. The van der Waals surface area contributed by atoms with Crippen LogP contribution in [0.5, 0.6) is 0 Å². The molecule has 0 spiro atoms. The maximum Gasteiger partial charge on any atom is 0.243 e. The van der Waals surface area contributed by atoms with Gasteiger partial charge in [0.05, 0.1) is 8.68 Å². The molecular formula is C10H16BrN3O3S2. The summed E-state index contributed by atoms with van der Waals surface area (Å²) < 4.78 is 26.7. The molecule has 0 bridgehead atoms. The molecule has 1 heterocycles. The first-order valence-electron chi connectivity index (χ1n) is 5.39. The first kappa shape index (κ1) is 16.4. The van der Waals surface area contributed by atoms with Gasteiger partial charge in [-0.05, 0) is 28.9 Å². The Hall–Kier alpha value is -0.640. The molecule has 0 aliphatic carbocycles. The van der Waals surface area contributed by atoms with Gasteiger partial charge >= 0.3 is 0 Å². The molecule has 108 valence electrons. The van der Waals surface area contributed by atoms with Crippen molar-refractivity contribution in [2.75, 3.05) is 13.6 Å². The molecule has 0 amide bonds. The highest BCUT2D eigenvalue weighted by Crippen LogP contribution is 2.31. The van der Waals surface area contributed by atoms with Gasteiger partial charge in [-0.3, -0.25) is 0 Å². The minimum atomic E-state index is -3.56. The second-order valence-corrected chi connectivity index (χ2v) is 8.83.